The number of rotatable bonds is 2. The summed E-state index contributed by atoms with van der Waals surface area (Å²) in [4.78, 5) is 16.7. The van der Waals surface area contributed by atoms with Gasteiger partial charge in [0.1, 0.15) is 0 Å². The van der Waals surface area contributed by atoms with Gasteiger partial charge in [-0.25, -0.2) is 0 Å². The second-order valence-electron chi connectivity index (χ2n) is 5.64. The van der Waals surface area contributed by atoms with E-state index in [0.717, 1.165) is 57.7 Å². The Morgan fingerprint density at radius 3 is 2.20 bits per heavy atom. The molecule has 0 aliphatic carbocycles. The highest BCUT2D eigenvalue weighted by atomic mass is 16.2. The molecule has 1 amide bonds. The first-order valence-electron chi connectivity index (χ1n) is 7.69. The highest BCUT2D eigenvalue weighted by molar-refractivity contribution is 5.94. The number of benzene rings is 1. The molecule has 2 heterocycles. The Morgan fingerprint density at radius 2 is 1.55 bits per heavy atom. The van der Waals surface area contributed by atoms with Gasteiger partial charge in [0.15, 0.2) is 0 Å². The van der Waals surface area contributed by atoms with Crippen molar-refractivity contribution in [2.24, 2.45) is 0 Å². The monoisotopic (exact) mass is 273 g/mol. The lowest BCUT2D eigenvalue weighted by molar-refractivity contribution is 0.0724. The highest BCUT2D eigenvalue weighted by Crippen LogP contribution is 2.18. The number of carbonyl (C=O) groups excluding carboxylic acids is 1. The molecule has 20 heavy (non-hydrogen) atoms. The number of anilines is 1. The van der Waals surface area contributed by atoms with Crippen molar-refractivity contribution in [3.05, 3.63) is 29.8 Å². The van der Waals surface area contributed by atoms with Gasteiger partial charge in [0, 0.05) is 50.5 Å². The molecule has 0 unspecified atom stereocenters. The van der Waals surface area contributed by atoms with Crippen molar-refractivity contribution < 1.29 is 4.79 Å². The number of nitrogens with one attached hydrogen (secondary N) is 1. The molecule has 108 valence electrons. The molecule has 0 radical (unpaired) electrons. The summed E-state index contributed by atoms with van der Waals surface area (Å²) < 4.78 is 0. The summed E-state index contributed by atoms with van der Waals surface area (Å²) in [6, 6.07) is 8.13. The zero-order valence-electron chi connectivity index (χ0n) is 12.0. The molecule has 4 nitrogen and oxygen atoms in total. The molecule has 3 rings (SSSR count). The van der Waals surface area contributed by atoms with Crippen LogP contribution in [0.25, 0.3) is 0 Å². The van der Waals surface area contributed by atoms with Gasteiger partial charge in [0.25, 0.3) is 5.91 Å². The van der Waals surface area contributed by atoms with Gasteiger partial charge in [-0.2, -0.15) is 0 Å². The third-order valence-electron chi connectivity index (χ3n) is 4.24. The fourth-order valence-electron chi connectivity index (χ4n) is 3.02. The summed E-state index contributed by atoms with van der Waals surface area (Å²) in [5, 5.41) is 3.35. The van der Waals surface area contributed by atoms with Crippen molar-refractivity contribution in [1.29, 1.82) is 0 Å². The van der Waals surface area contributed by atoms with E-state index in [9.17, 15) is 4.79 Å². The Kier molecular flexibility index (Phi) is 4.21. The second-order valence-corrected chi connectivity index (χ2v) is 5.64. The van der Waals surface area contributed by atoms with Gasteiger partial charge in [-0.1, -0.05) is 0 Å². The van der Waals surface area contributed by atoms with E-state index in [1.165, 1.54) is 12.1 Å². The number of nitrogens with zero attached hydrogens (tertiary/aromatic N) is 2. The average molecular weight is 273 g/mol. The topological polar surface area (TPSA) is 35.6 Å². The van der Waals surface area contributed by atoms with Crippen molar-refractivity contribution in [1.82, 2.24) is 10.2 Å². The van der Waals surface area contributed by atoms with E-state index in [2.05, 4.69) is 22.3 Å². The van der Waals surface area contributed by atoms with Gasteiger partial charge < -0.3 is 15.1 Å². The second kappa shape index (κ2) is 6.27. The molecule has 0 atom stereocenters. The smallest absolute Gasteiger partial charge is 0.253 e. The zero-order valence-corrected chi connectivity index (χ0v) is 12.0. The minimum absolute atomic E-state index is 0.191. The Bertz CT molecular complexity index is 445. The molecule has 2 aliphatic heterocycles. The summed E-state index contributed by atoms with van der Waals surface area (Å²) in [6.45, 7) is 5.98. The molecule has 0 saturated carbocycles. The third kappa shape index (κ3) is 2.96. The summed E-state index contributed by atoms with van der Waals surface area (Å²) in [7, 11) is 0. The van der Waals surface area contributed by atoms with Crippen LogP contribution >= 0.6 is 0 Å². The fourth-order valence-corrected chi connectivity index (χ4v) is 3.02. The summed E-state index contributed by atoms with van der Waals surface area (Å²) in [5.74, 6) is 0.191. The van der Waals surface area contributed by atoms with Gasteiger partial charge in [0.05, 0.1) is 0 Å². The molecule has 1 aromatic rings. The number of piperazine rings is 1. The average Bonchev–Trinajstić information content (AvgIpc) is 2.56. The van der Waals surface area contributed by atoms with Crippen LogP contribution in [-0.4, -0.2) is 50.1 Å². The lowest BCUT2D eigenvalue weighted by atomic mass is 10.1. The molecule has 1 N–H and O–H groups in total. The lowest BCUT2D eigenvalue weighted by Gasteiger charge is -2.30. The Labute approximate surface area is 120 Å². The van der Waals surface area contributed by atoms with Crippen LogP contribution in [0.1, 0.15) is 29.6 Å². The van der Waals surface area contributed by atoms with Crippen molar-refractivity contribution in [2.45, 2.75) is 19.3 Å². The quantitative estimate of drug-likeness (QED) is 0.891. The number of likely N-dealkylation sites (tertiary alicyclic amines) is 1. The van der Waals surface area contributed by atoms with E-state index in [1.807, 2.05) is 17.0 Å². The normalized spacial score (nSPS) is 20.0. The SMILES string of the molecule is O=C(c1ccc(N2CCNCC2)cc1)N1CCCCC1. The highest BCUT2D eigenvalue weighted by Gasteiger charge is 2.18. The maximum Gasteiger partial charge on any atom is 0.253 e. The summed E-state index contributed by atoms with van der Waals surface area (Å²) in [5.41, 5.74) is 2.05. The van der Waals surface area contributed by atoms with Crippen LogP contribution in [0.3, 0.4) is 0 Å². The largest absolute Gasteiger partial charge is 0.369 e. The van der Waals surface area contributed by atoms with E-state index in [4.69, 9.17) is 0 Å². The van der Waals surface area contributed by atoms with Crippen LogP contribution in [-0.2, 0) is 0 Å². The third-order valence-corrected chi connectivity index (χ3v) is 4.24. The van der Waals surface area contributed by atoms with Gasteiger partial charge in [-0.15, -0.1) is 0 Å². The zero-order chi connectivity index (χ0) is 13.8. The maximum absolute atomic E-state index is 12.4. The Balaban J connectivity index is 1.67. The summed E-state index contributed by atoms with van der Waals surface area (Å²) in [6.07, 6.45) is 3.54. The van der Waals surface area contributed by atoms with Crippen LogP contribution < -0.4 is 10.2 Å². The first-order chi connectivity index (χ1) is 9.84. The molecule has 4 heteroatoms. The van der Waals surface area contributed by atoms with Gasteiger partial charge in [-0.05, 0) is 43.5 Å². The van der Waals surface area contributed by atoms with E-state index < -0.39 is 0 Å². The number of amides is 1. The number of carbonyl (C=O) groups is 1. The molecular formula is C16H23N3O. The van der Waals surface area contributed by atoms with Gasteiger partial charge >= 0.3 is 0 Å². The first kappa shape index (κ1) is 13.4. The minimum Gasteiger partial charge on any atom is -0.369 e. The summed E-state index contributed by atoms with van der Waals surface area (Å²) >= 11 is 0. The molecule has 0 bridgehead atoms. The van der Waals surface area contributed by atoms with Crippen molar-refractivity contribution in [3.63, 3.8) is 0 Å². The van der Waals surface area contributed by atoms with E-state index in [1.54, 1.807) is 0 Å². The fraction of sp³-hybridized carbons (Fsp3) is 0.562. The van der Waals surface area contributed by atoms with Crippen molar-refractivity contribution in [2.75, 3.05) is 44.2 Å². The lowest BCUT2D eigenvalue weighted by Crippen LogP contribution is -2.43. The number of hydrogen-bond acceptors (Lipinski definition) is 3. The molecule has 2 fully saturated rings. The van der Waals surface area contributed by atoms with Crippen LogP contribution in [0.2, 0.25) is 0 Å². The van der Waals surface area contributed by atoms with E-state index in [-0.39, 0.29) is 5.91 Å². The first-order valence-corrected chi connectivity index (χ1v) is 7.69. The molecule has 2 saturated heterocycles. The van der Waals surface area contributed by atoms with Crippen LogP contribution in [0.5, 0.6) is 0 Å². The van der Waals surface area contributed by atoms with Gasteiger partial charge in [0.2, 0.25) is 0 Å². The van der Waals surface area contributed by atoms with E-state index in [0.29, 0.717) is 0 Å². The van der Waals surface area contributed by atoms with Crippen molar-refractivity contribution in [3.8, 4) is 0 Å². The molecule has 1 aromatic carbocycles. The Morgan fingerprint density at radius 1 is 0.900 bits per heavy atom. The maximum atomic E-state index is 12.4. The van der Waals surface area contributed by atoms with Crippen LogP contribution in [0.4, 0.5) is 5.69 Å². The molecule has 0 aromatic heterocycles. The number of hydrogen-bond donors (Lipinski definition) is 1. The molecule has 2 aliphatic rings. The van der Waals surface area contributed by atoms with Crippen LogP contribution in [0, 0.1) is 0 Å². The van der Waals surface area contributed by atoms with Gasteiger partial charge in [-0.3, -0.25) is 4.79 Å². The standard InChI is InChI=1S/C16H23N3O/c20-16(19-10-2-1-3-11-19)14-4-6-15(7-5-14)18-12-8-17-9-13-18/h4-7,17H,1-3,8-13H2. The van der Waals surface area contributed by atoms with Crippen LogP contribution in [0.15, 0.2) is 24.3 Å². The Hall–Kier alpha value is -1.55. The number of piperidine rings is 1. The predicted molar refractivity (Wildman–Crippen MR) is 81.3 cm³/mol. The molecular weight excluding hydrogens is 250 g/mol. The van der Waals surface area contributed by atoms with E-state index >= 15 is 0 Å². The minimum atomic E-state index is 0.191. The predicted octanol–water partition coefficient (Wildman–Crippen LogP) is 1.72. The molecule has 0 spiro atoms. The van der Waals surface area contributed by atoms with Crippen molar-refractivity contribution >= 4 is 11.6 Å².